The van der Waals surface area contributed by atoms with Crippen molar-refractivity contribution in [1.82, 2.24) is 9.80 Å². The maximum absolute atomic E-state index is 12.3. The van der Waals surface area contributed by atoms with Crippen LogP contribution in [-0.2, 0) is 14.4 Å². The van der Waals surface area contributed by atoms with Crippen molar-refractivity contribution < 1.29 is 14.4 Å². The lowest BCUT2D eigenvalue weighted by Crippen LogP contribution is -2.62. The number of carbonyl (C=O) groups excluding carboxylic acids is 3. The predicted molar refractivity (Wildman–Crippen MR) is 71.0 cm³/mol. The SMILES string of the molecule is C[C@@H]1CN(C(=O)C(N)=O)[C@@H](C)CN1C(=O)C(C)(C)C. The summed E-state index contributed by atoms with van der Waals surface area (Å²) in [4.78, 5) is 38.2. The van der Waals surface area contributed by atoms with E-state index in [1.54, 1.807) is 4.90 Å². The molecule has 0 aromatic carbocycles. The van der Waals surface area contributed by atoms with E-state index in [4.69, 9.17) is 5.73 Å². The van der Waals surface area contributed by atoms with Crippen LogP contribution in [0.5, 0.6) is 0 Å². The average Bonchev–Trinajstić information content (AvgIpc) is 2.28. The van der Waals surface area contributed by atoms with Crippen LogP contribution in [0.1, 0.15) is 34.6 Å². The van der Waals surface area contributed by atoms with Crippen molar-refractivity contribution in [2.45, 2.75) is 46.7 Å². The Morgan fingerprint density at radius 1 is 1.00 bits per heavy atom. The highest BCUT2D eigenvalue weighted by molar-refractivity contribution is 6.34. The molecule has 0 aliphatic carbocycles. The van der Waals surface area contributed by atoms with Crippen molar-refractivity contribution in [1.29, 1.82) is 0 Å². The van der Waals surface area contributed by atoms with Gasteiger partial charge in [0, 0.05) is 30.6 Å². The third-order valence-electron chi connectivity index (χ3n) is 3.36. The minimum atomic E-state index is -0.949. The number of rotatable bonds is 0. The normalized spacial score (nSPS) is 24.3. The highest BCUT2D eigenvalue weighted by Crippen LogP contribution is 2.23. The first-order valence-corrected chi connectivity index (χ1v) is 6.47. The quantitative estimate of drug-likeness (QED) is 0.627. The van der Waals surface area contributed by atoms with Crippen molar-refractivity contribution in [3.05, 3.63) is 0 Å². The molecule has 3 amide bonds. The lowest BCUT2D eigenvalue weighted by atomic mass is 9.92. The average molecular weight is 269 g/mol. The van der Waals surface area contributed by atoms with E-state index < -0.39 is 17.2 Å². The Morgan fingerprint density at radius 3 is 1.84 bits per heavy atom. The number of carbonyl (C=O) groups is 3. The topological polar surface area (TPSA) is 83.7 Å². The number of amides is 3. The Hall–Kier alpha value is -1.59. The van der Waals surface area contributed by atoms with Gasteiger partial charge in [-0.05, 0) is 13.8 Å². The van der Waals surface area contributed by atoms with Gasteiger partial charge in [-0.2, -0.15) is 0 Å². The standard InChI is InChI=1S/C13H23N3O3/c1-8-7-16(12(19)13(3,4)5)9(2)6-15(8)11(18)10(14)17/h8-9H,6-7H2,1-5H3,(H2,14,17)/t8-,9+/m0/s1. The Labute approximate surface area is 113 Å². The smallest absolute Gasteiger partial charge is 0.312 e. The van der Waals surface area contributed by atoms with Gasteiger partial charge >= 0.3 is 11.8 Å². The number of primary amides is 1. The molecule has 0 spiro atoms. The van der Waals surface area contributed by atoms with Crippen molar-refractivity contribution in [3.8, 4) is 0 Å². The van der Waals surface area contributed by atoms with Gasteiger partial charge < -0.3 is 15.5 Å². The third kappa shape index (κ3) is 3.24. The Bertz CT molecular complexity index is 400. The maximum Gasteiger partial charge on any atom is 0.312 e. The second-order valence-corrected chi connectivity index (χ2v) is 6.23. The zero-order valence-electron chi connectivity index (χ0n) is 12.3. The van der Waals surface area contributed by atoms with E-state index in [0.717, 1.165) is 0 Å². The molecular formula is C13H23N3O3. The van der Waals surface area contributed by atoms with Gasteiger partial charge in [0.1, 0.15) is 0 Å². The summed E-state index contributed by atoms with van der Waals surface area (Å²) in [5.41, 5.74) is 4.57. The third-order valence-corrected chi connectivity index (χ3v) is 3.36. The second kappa shape index (κ2) is 5.19. The minimum absolute atomic E-state index is 0.0537. The van der Waals surface area contributed by atoms with Crippen LogP contribution >= 0.6 is 0 Å². The van der Waals surface area contributed by atoms with Crippen molar-refractivity contribution in [2.24, 2.45) is 11.1 Å². The first kappa shape index (κ1) is 15.5. The van der Waals surface area contributed by atoms with Crippen LogP contribution in [0.15, 0.2) is 0 Å². The van der Waals surface area contributed by atoms with E-state index in [2.05, 4.69) is 0 Å². The first-order valence-electron chi connectivity index (χ1n) is 6.47. The summed E-state index contributed by atoms with van der Waals surface area (Å²) in [5.74, 6) is -1.57. The molecule has 0 saturated carbocycles. The van der Waals surface area contributed by atoms with E-state index in [0.29, 0.717) is 13.1 Å². The number of nitrogens with zero attached hydrogens (tertiary/aromatic N) is 2. The number of hydrogen-bond donors (Lipinski definition) is 1. The zero-order valence-corrected chi connectivity index (χ0v) is 12.3. The fourth-order valence-corrected chi connectivity index (χ4v) is 2.26. The molecule has 0 aromatic rings. The lowest BCUT2D eigenvalue weighted by molar-refractivity contribution is -0.154. The molecule has 1 aliphatic rings. The van der Waals surface area contributed by atoms with Gasteiger partial charge in [-0.3, -0.25) is 14.4 Å². The van der Waals surface area contributed by atoms with Gasteiger partial charge in [0.2, 0.25) is 5.91 Å². The number of hydrogen-bond acceptors (Lipinski definition) is 3. The molecule has 108 valence electrons. The molecule has 2 N–H and O–H groups in total. The zero-order chi connectivity index (χ0) is 15.0. The van der Waals surface area contributed by atoms with E-state index >= 15 is 0 Å². The molecule has 1 saturated heterocycles. The molecule has 0 radical (unpaired) electrons. The van der Waals surface area contributed by atoms with Crippen molar-refractivity contribution in [2.75, 3.05) is 13.1 Å². The number of nitrogens with two attached hydrogens (primary N) is 1. The van der Waals surface area contributed by atoms with Crippen LogP contribution in [0, 0.1) is 5.41 Å². The Balaban J connectivity index is 2.85. The molecule has 0 bridgehead atoms. The molecule has 1 fully saturated rings. The summed E-state index contributed by atoms with van der Waals surface area (Å²) in [6, 6.07) is -0.325. The van der Waals surface area contributed by atoms with Crippen molar-refractivity contribution >= 4 is 17.7 Å². The van der Waals surface area contributed by atoms with Crippen LogP contribution in [0.2, 0.25) is 0 Å². The van der Waals surface area contributed by atoms with Gasteiger partial charge in [-0.25, -0.2) is 0 Å². The van der Waals surface area contributed by atoms with Gasteiger partial charge in [0.15, 0.2) is 0 Å². The lowest BCUT2D eigenvalue weighted by Gasteiger charge is -2.45. The summed E-state index contributed by atoms with van der Waals surface area (Å²) >= 11 is 0. The summed E-state index contributed by atoms with van der Waals surface area (Å²) < 4.78 is 0. The molecule has 1 heterocycles. The highest BCUT2D eigenvalue weighted by Gasteiger charge is 2.38. The molecular weight excluding hydrogens is 246 g/mol. The van der Waals surface area contributed by atoms with E-state index in [-0.39, 0.29) is 18.0 Å². The van der Waals surface area contributed by atoms with Crippen LogP contribution < -0.4 is 5.73 Å². The van der Waals surface area contributed by atoms with Gasteiger partial charge in [-0.15, -0.1) is 0 Å². The van der Waals surface area contributed by atoms with E-state index in [9.17, 15) is 14.4 Å². The maximum atomic E-state index is 12.3. The highest BCUT2D eigenvalue weighted by atomic mass is 16.2. The fraction of sp³-hybridized carbons (Fsp3) is 0.769. The Morgan fingerprint density at radius 2 is 1.42 bits per heavy atom. The molecule has 0 aromatic heterocycles. The largest absolute Gasteiger partial charge is 0.361 e. The van der Waals surface area contributed by atoms with Crippen LogP contribution in [0.25, 0.3) is 0 Å². The molecule has 2 atom stereocenters. The summed E-state index contributed by atoms with van der Waals surface area (Å²) in [6.07, 6.45) is 0. The fourth-order valence-electron chi connectivity index (χ4n) is 2.26. The van der Waals surface area contributed by atoms with Gasteiger partial charge in [0.25, 0.3) is 0 Å². The molecule has 0 unspecified atom stereocenters. The second-order valence-electron chi connectivity index (χ2n) is 6.23. The van der Waals surface area contributed by atoms with Crippen LogP contribution in [0.3, 0.4) is 0 Å². The first-order chi connectivity index (χ1) is 8.55. The van der Waals surface area contributed by atoms with Crippen LogP contribution in [-0.4, -0.2) is 52.7 Å². The molecule has 1 rings (SSSR count). The number of piperazine rings is 1. The van der Waals surface area contributed by atoms with Crippen molar-refractivity contribution in [3.63, 3.8) is 0 Å². The van der Waals surface area contributed by atoms with Gasteiger partial charge in [0.05, 0.1) is 0 Å². The summed E-state index contributed by atoms with van der Waals surface area (Å²) in [7, 11) is 0. The molecule has 19 heavy (non-hydrogen) atoms. The monoisotopic (exact) mass is 269 g/mol. The molecule has 1 aliphatic heterocycles. The Kier molecular flexibility index (Phi) is 4.22. The summed E-state index contributed by atoms with van der Waals surface area (Å²) in [6.45, 7) is 10.1. The minimum Gasteiger partial charge on any atom is -0.361 e. The van der Waals surface area contributed by atoms with Gasteiger partial charge in [-0.1, -0.05) is 20.8 Å². The van der Waals surface area contributed by atoms with E-state index in [1.165, 1.54) is 4.90 Å². The summed E-state index contributed by atoms with van der Waals surface area (Å²) in [5, 5.41) is 0. The molecule has 6 nitrogen and oxygen atoms in total. The molecule has 6 heteroatoms. The van der Waals surface area contributed by atoms with Crippen LogP contribution in [0.4, 0.5) is 0 Å². The predicted octanol–water partition coefficient (Wildman–Crippen LogP) is -0.0344. The van der Waals surface area contributed by atoms with E-state index in [1.807, 2.05) is 34.6 Å².